The maximum Gasteiger partial charge on any atom is 0.255 e. The van der Waals surface area contributed by atoms with Gasteiger partial charge in [-0.05, 0) is 24.6 Å². The molecule has 0 aliphatic carbocycles. The molecule has 1 aliphatic heterocycles. The molecule has 0 aromatic carbocycles. The average molecular weight is 291 g/mol. The van der Waals surface area contributed by atoms with E-state index in [1.54, 1.807) is 0 Å². The van der Waals surface area contributed by atoms with Gasteiger partial charge < -0.3 is 14.8 Å². The molecule has 1 N–H and O–H groups in total. The molecule has 2 rings (SSSR count). The zero-order valence-corrected chi connectivity index (χ0v) is 14.1. The van der Waals surface area contributed by atoms with Crippen molar-refractivity contribution in [3.05, 3.63) is 33.2 Å². The molecule has 1 aliphatic rings. The zero-order chi connectivity index (χ0) is 15.6. The van der Waals surface area contributed by atoms with Crippen LogP contribution in [0.5, 0.6) is 0 Å². The summed E-state index contributed by atoms with van der Waals surface area (Å²) in [6, 6.07) is 2.51. The molecule has 1 aromatic heterocycles. The van der Waals surface area contributed by atoms with Crippen LogP contribution < -0.4 is 10.9 Å². The van der Waals surface area contributed by atoms with E-state index in [-0.39, 0.29) is 5.56 Å². The molecule has 0 bridgehead atoms. The van der Waals surface area contributed by atoms with Gasteiger partial charge in [0.05, 0.1) is 0 Å². The van der Waals surface area contributed by atoms with E-state index in [0.29, 0.717) is 18.5 Å². The highest BCUT2D eigenvalue weighted by Gasteiger charge is 2.20. The van der Waals surface area contributed by atoms with Crippen molar-refractivity contribution in [2.24, 2.45) is 5.92 Å². The first-order valence-electron chi connectivity index (χ1n) is 8.05. The molecule has 0 saturated carbocycles. The summed E-state index contributed by atoms with van der Waals surface area (Å²) in [5.41, 5.74) is 3.67. The van der Waals surface area contributed by atoms with Gasteiger partial charge in [0.25, 0.3) is 5.56 Å². The average Bonchev–Trinajstić information content (AvgIpc) is 2.39. The molecule has 4 heteroatoms. The Labute approximate surface area is 128 Å². The number of nitrogens with one attached hydrogen (secondary N) is 1. The normalized spacial score (nSPS) is 15.8. The molecule has 118 valence electrons. The van der Waals surface area contributed by atoms with Crippen LogP contribution in [0.2, 0.25) is 0 Å². The van der Waals surface area contributed by atoms with E-state index in [9.17, 15) is 4.79 Å². The number of hydrogen-bond donors (Lipinski definition) is 1. The number of likely N-dealkylation sites (N-methyl/N-ethyl adjacent to an activating group) is 1. The Balaban J connectivity index is 2.43. The summed E-state index contributed by atoms with van der Waals surface area (Å²) in [6.45, 7) is 12.0. The molecule has 0 amide bonds. The van der Waals surface area contributed by atoms with Crippen LogP contribution in [0.25, 0.3) is 0 Å². The molecule has 0 fully saturated rings. The lowest BCUT2D eigenvalue weighted by atomic mass is 10.0. The monoisotopic (exact) mass is 291 g/mol. The van der Waals surface area contributed by atoms with Crippen molar-refractivity contribution < 1.29 is 0 Å². The van der Waals surface area contributed by atoms with Crippen LogP contribution in [0.15, 0.2) is 10.9 Å². The third-order valence-electron chi connectivity index (χ3n) is 3.98. The maximum absolute atomic E-state index is 12.8. The van der Waals surface area contributed by atoms with Gasteiger partial charge in [-0.15, -0.1) is 0 Å². The maximum atomic E-state index is 12.8. The summed E-state index contributed by atoms with van der Waals surface area (Å²) in [5, 5.41) is 3.37. The second-order valence-corrected chi connectivity index (χ2v) is 6.97. The standard InChI is InChI=1S/C17H29N3O/c1-12(2)10-20-16-6-7-19(5)11-15(16)8-14(17(20)21)9-18-13(3)4/h8,12-13,18H,6-7,9-11H2,1-5H3. The van der Waals surface area contributed by atoms with Crippen LogP contribution in [-0.4, -0.2) is 29.1 Å². The lowest BCUT2D eigenvalue weighted by molar-refractivity contribution is 0.301. The van der Waals surface area contributed by atoms with Gasteiger partial charge in [-0.25, -0.2) is 0 Å². The van der Waals surface area contributed by atoms with Crippen LogP contribution in [0.3, 0.4) is 0 Å². The van der Waals surface area contributed by atoms with Gasteiger partial charge in [0, 0.05) is 49.9 Å². The van der Waals surface area contributed by atoms with Gasteiger partial charge in [0.2, 0.25) is 0 Å². The van der Waals surface area contributed by atoms with Gasteiger partial charge in [0.15, 0.2) is 0 Å². The van der Waals surface area contributed by atoms with Crippen molar-refractivity contribution in [1.29, 1.82) is 0 Å². The molecule has 0 unspecified atom stereocenters. The first-order valence-corrected chi connectivity index (χ1v) is 8.05. The highest BCUT2D eigenvalue weighted by molar-refractivity contribution is 5.29. The molecular formula is C17H29N3O. The van der Waals surface area contributed by atoms with Crippen LogP contribution in [0, 0.1) is 5.92 Å². The Morgan fingerprint density at radius 2 is 2.00 bits per heavy atom. The molecule has 0 radical (unpaired) electrons. The molecule has 0 atom stereocenters. The fourth-order valence-corrected chi connectivity index (χ4v) is 2.92. The summed E-state index contributed by atoms with van der Waals surface area (Å²) in [5.74, 6) is 0.486. The van der Waals surface area contributed by atoms with E-state index < -0.39 is 0 Å². The Hall–Kier alpha value is -1.13. The van der Waals surface area contributed by atoms with E-state index in [1.807, 2.05) is 4.57 Å². The second-order valence-electron chi connectivity index (χ2n) is 6.97. The van der Waals surface area contributed by atoms with Gasteiger partial charge in [-0.1, -0.05) is 27.7 Å². The first kappa shape index (κ1) is 16.2. The summed E-state index contributed by atoms with van der Waals surface area (Å²) in [4.78, 5) is 15.1. The van der Waals surface area contributed by atoms with E-state index in [4.69, 9.17) is 0 Å². The molecule has 4 nitrogen and oxygen atoms in total. The third kappa shape index (κ3) is 3.95. The van der Waals surface area contributed by atoms with Crippen molar-refractivity contribution in [3.63, 3.8) is 0 Å². The Morgan fingerprint density at radius 1 is 1.29 bits per heavy atom. The molecule has 0 spiro atoms. The predicted molar refractivity (Wildman–Crippen MR) is 87.6 cm³/mol. The van der Waals surface area contributed by atoms with E-state index in [0.717, 1.165) is 31.6 Å². The summed E-state index contributed by atoms with van der Waals surface area (Å²) in [7, 11) is 2.15. The number of fused-ring (bicyclic) bond motifs is 1. The molecule has 21 heavy (non-hydrogen) atoms. The van der Waals surface area contributed by atoms with Crippen molar-refractivity contribution in [1.82, 2.24) is 14.8 Å². The first-order chi connectivity index (χ1) is 9.88. The number of pyridine rings is 1. The highest BCUT2D eigenvalue weighted by Crippen LogP contribution is 2.18. The van der Waals surface area contributed by atoms with Crippen LogP contribution in [-0.2, 0) is 26.1 Å². The third-order valence-corrected chi connectivity index (χ3v) is 3.98. The minimum atomic E-state index is 0.195. The van der Waals surface area contributed by atoms with E-state index in [1.165, 1.54) is 11.3 Å². The minimum absolute atomic E-state index is 0.195. The highest BCUT2D eigenvalue weighted by atomic mass is 16.1. The van der Waals surface area contributed by atoms with Crippen LogP contribution in [0.4, 0.5) is 0 Å². The fraction of sp³-hybridized carbons (Fsp3) is 0.706. The topological polar surface area (TPSA) is 37.3 Å². The molecule has 0 saturated heterocycles. The second kappa shape index (κ2) is 6.75. The number of nitrogens with zero attached hydrogens (tertiary/aromatic N) is 2. The van der Waals surface area contributed by atoms with Gasteiger partial charge in [0.1, 0.15) is 0 Å². The lowest BCUT2D eigenvalue weighted by Crippen LogP contribution is -2.37. The Bertz CT molecular complexity index is 546. The summed E-state index contributed by atoms with van der Waals surface area (Å²) >= 11 is 0. The minimum Gasteiger partial charge on any atom is -0.312 e. The van der Waals surface area contributed by atoms with Gasteiger partial charge in [-0.3, -0.25) is 4.79 Å². The van der Waals surface area contributed by atoms with Crippen LogP contribution >= 0.6 is 0 Å². The zero-order valence-electron chi connectivity index (χ0n) is 14.1. The largest absolute Gasteiger partial charge is 0.312 e. The quantitative estimate of drug-likeness (QED) is 0.901. The smallest absolute Gasteiger partial charge is 0.255 e. The number of hydrogen-bond acceptors (Lipinski definition) is 3. The molecule has 2 heterocycles. The van der Waals surface area contributed by atoms with Crippen LogP contribution in [0.1, 0.15) is 44.5 Å². The van der Waals surface area contributed by atoms with Crippen molar-refractivity contribution >= 4 is 0 Å². The van der Waals surface area contributed by atoms with Crippen molar-refractivity contribution in [3.8, 4) is 0 Å². The number of rotatable bonds is 5. The Kier molecular flexibility index (Phi) is 5.22. The van der Waals surface area contributed by atoms with Gasteiger partial charge in [-0.2, -0.15) is 0 Å². The van der Waals surface area contributed by atoms with E-state index >= 15 is 0 Å². The van der Waals surface area contributed by atoms with Gasteiger partial charge >= 0.3 is 0 Å². The lowest BCUT2D eigenvalue weighted by Gasteiger charge is -2.29. The summed E-state index contributed by atoms with van der Waals surface area (Å²) < 4.78 is 2.03. The number of aromatic nitrogens is 1. The van der Waals surface area contributed by atoms with E-state index in [2.05, 4.69) is 51.0 Å². The molecule has 1 aromatic rings. The van der Waals surface area contributed by atoms with Crippen molar-refractivity contribution in [2.75, 3.05) is 13.6 Å². The summed E-state index contributed by atoms with van der Waals surface area (Å²) in [6.07, 6.45) is 0.978. The fourth-order valence-electron chi connectivity index (χ4n) is 2.92. The SMILES string of the molecule is CC(C)Cn1c2c(cc(CNC(C)C)c1=O)CN(C)CC2. The predicted octanol–water partition coefficient (Wildman–Crippen LogP) is 1.99. The molecular weight excluding hydrogens is 262 g/mol. The van der Waals surface area contributed by atoms with Crippen molar-refractivity contribution in [2.45, 2.75) is 59.8 Å². The Morgan fingerprint density at radius 3 is 2.62 bits per heavy atom.